The molecule has 2 unspecified atom stereocenters. The van der Waals surface area contributed by atoms with Crippen LogP contribution in [0.5, 0.6) is 0 Å². The van der Waals surface area contributed by atoms with Crippen LogP contribution in [-0.4, -0.2) is 68.4 Å². The van der Waals surface area contributed by atoms with Gasteiger partial charge in [-0.25, -0.2) is 4.79 Å². The van der Waals surface area contributed by atoms with E-state index in [1.807, 2.05) is 27.7 Å². The zero-order valence-electron chi connectivity index (χ0n) is 17.3. The summed E-state index contributed by atoms with van der Waals surface area (Å²) in [7, 11) is 1.43. The van der Waals surface area contributed by atoms with Crippen LogP contribution in [0, 0.1) is 11.8 Å². The molecule has 0 bridgehead atoms. The first kappa shape index (κ1) is 25.7. The highest BCUT2D eigenvalue weighted by Crippen LogP contribution is 2.24. The van der Waals surface area contributed by atoms with Crippen LogP contribution in [0.25, 0.3) is 0 Å². The van der Waals surface area contributed by atoms with Gasteiger partial charge in [-0.15, -0.1) is 24.0 Å². The first-order chi connectivity index (χ1) is 12.2. The quantitative estimate of drug-likeness (QED) is 0.192. The van der Waals surface area contributed by atoms with Gasteiger partial charge < -0.3 is 25.0 Å². The van der Waals surface area contributed by atoms with Crippen LogP contribution in [0.4, 0.5) is 4.79 Å². The number of esters is 1. The molecule has 0 aromatic carbocycles. The highest BCUT2D eigenvalue weighted by Gasteiger charge is 2.36. The molecule has 8 nitrogen and oxygen atoms in total. The maximum Gasteiger partial charge on any atom is 0.407 e. The number of rotatable bonds is 6. The second kappa shape index (κ2) is 12.2. The number of carbonyl (C=O) groups excluding carboxylic acids is 2. The Balaban J connectivity index is 0.00000676. The number of hydrogen-bond donors (Lipinski definition) is 2. The van der Waals surface area contributed by atoms with Crippen molar-refractivity contribution in [2.24, 2.45) is 16.8 Å². The molecule has 27 heavy (non-hydrogen) atoms. The second-order valence-electron chi connectivity index (χ2n) is 7.53. The predicted octanol–water partition coefficient (Wildman–Crippen LogP) is 2.23. The van der Waals surface area contributed by atoms with Crippen molar-refractivity contribution in [3.63, 3.8) is 0 Å². The summed E-state index contributed by atoms with van der Waals surface area (Å²) in [6.07, 6.45) is 0.292. The van der Waals surface area contributed by atoms with Crippen molar-refractivity contribution in [3.8, 4) is 0 Å². The fourth-order valence-corrected chi connectivity index (χ4v) is 2.79. The van der Waals surface area contributed by atoms with Gasteiger partial charge in [0.15, 0.2) is 5.96 Å². The van der Waals surface area contributed by atoms with Crippen LogP contribution < -0.4 is 10.6 Å². The van der Waals surface area contributed by atoms with Gasteiger partial charge in [0.2, 0.25) is 0 Å². The lowest BCUT2D eigenvalue weighted by atomic mass is 9.99. The van der Waals surface area contributed by atoms with E-state index >= 15 is 0 Å². The van der Waals surface area contributed by atoms with E-state index in [9.17, 15) is 9.59 Å². The number of aliphatic imine (C=N–C) groups is 1. The molecular weight excluding hydrogens is 463 g/mol. The minimum absolute atomic E-state index is 0. The summed E-state index contributed by atoms with van der Waals surface area (Å²) in [6, 6.07) is 0. The Morgan fingerprint density at radius 2 is 1.89 bits per heavy atom. The molecule has 0 radical (unpaired) electrons. The molecule has 9 heteroatoms. The number of nitrogens with zero attached hydrogens (tertiary/aromatic N) is 2. The van der Waals surface area contributed by atoms with E-state index in [-0.39, 0.29) is 41.8 Å². The van der Waals surface area contributed by atoms with Gasteiger partial charge in [0.25, 0.3) is 0 Å². The van der Waals surface area contributed by atoms with Crippen LogP contribution >= 0.6 is 24.0 Å². The van der Waals surface area contributed by atoms with E-state index in [1.54, 1.807) is 0 Å². The standard InChI is InChI=1S/C18H34N4O4.HI/c1-7-19-16(22-11-13(2)14(12-22)15(23)25-6)20-9-8-10-21-17(24)26-18(3,4)5;/h13-14H,7-12H2,1-6H3,(H,19,20)(H,21,24);1H. The molecule has 0 aromatic rings. The Hall–Kier alpha value is -1.26. The molecule has 1 saturated heterocycles. The third kappa shape index (κ3) is 9.48. The number of likely N-dealkylation sites (tertiary alicyclic amines) is 1. The lowest BCUT2D eigenvalue weighted by molar-refractivity contribution is -0.145. The number of alkyl carbamates (subject to hydrolysis) is 1. The summed E-state index contributed by atoms with van der Waals surface area (Å²) in [6.45, 7) is 12.8. The molecule has 0 aromatic heterocycles. The summed E-state index contributed by atoms with van der Waals surface area (Å²) in [5, 5.41) is 5.99. The lowest BCUT2D eigenvalue weighted by Gasteiger charge is -2.21. The van der Waals surface area contributed by atoms with Gasteiger partial charge in [-0.2, -0.15) is 0 Å². The molecule has 1 amide bonds. The zero-order chi connectivity index (χ0) is 19.7. The van der Waals surface area contributed by atoms with E-state index in [0.29, 0.717) is 26.1 Å². The van der Waals surface area contributed by atoms with Gasteiger partial charge in [-0.3, -0.25) is 9.79 Å². The van der Waals surface area contributed by atoms with Crippen molar-refractivity contribution >= 4 is 42.0 Å². The normalized spacial score (nSPS) is 19.9. The highest BCUT2D eigenvalue weighted by molar-refractivity contribution is 14.0. The molecule has 1 aliphatic heterocycles. The Bertz CT molecular complexity index is 508. The van der Waals surface area contributed by atoms with Crippen LogP contribution in [0.3, 0.4) is 0 Å². The Labute approximate surface area is 179 Å². The molecule has 1 rings (SSSR count). The molecule has 0 spiro atoms. The van der Waals surface area contributed by atoms with Gasteiger partial charge in [0, 0.05) is 32.7 Å². The number of hydrogen-bond acceptors (Lipinski definition) is 5. The maximum absolute atomic E-state index is 11.9. The average molecular weight is 498 g/mol. The maximum atomic E-state index is 11.9. The van der Waals surface area contributed by atoms with Crippen LogP contribution in [0.1, 0.15) is 41.0 Å². The molecule has 158 valence electrons. The van der Waals surface area contributed by atoms with E-state index in [2.05, 4.69) is 27.4 Å². The van der Waals surface area contributed by atoms with Gasteiger partial charge in [-0.1, -0.05) is 6.92 Å². The summed E-state index contributed by atoms with van der Waals surface area (Å²) >= 11 is 0. The van der Waals surface area contributed by atoms with E-state index in [1.165, 1.54) is 7.11 Å². The predicted molar refractivity (Wildman–Crippen MR) is 116 cm³/mol. The second-order valence-corrected chi connectivity index (χ2v) is 7.53. The smallest absolute Gasteiger partial charge is 0.407 e. The number of halogens is 1. The molecular formula is C18H35IN4O4. The van der Waals surface area contributed by atoms with Gasteiger partial charge >= 0.3 is 12.1 Å². The fraction of sp³-hybridized carbons (Fsp3) is 0.833. The van der Waals surface area contributed by atoms with E-state index in [0.717, 1.165) is 19.0 Å². The third-order valence-electron chi connectivity index (χ3n) is 4.02. The van der Waals surface area contributed by atoms with Crippen LogP contribution in [0.15, 0.2) is 4.99 Å². The highest BCUT2D eigenvalue weighted by atomic mass is 127. The van der Waals surface area contributed by atoms with Gasteiger partial charge in [0.05, 0.1) is 13.0 Å². The molecule has 2 N–H and O–H groups in total. The molecule has 2 atom stereocenters. The van der Waals surface area contributed by atoms with Crippen LogP contribution in [0.2, 0.25) is 0 Å². The Morgan fingerprint density at radius 1 is 1.22 bits per heavy atom. The first-order valence-electron chi connectivity index (χ1n) is 9.25. The van der Waals surface area contributed by atoms with Crippen molar-refractivity contribution < 1.29 is 19.1 Å². The molecule has 0 saturated carbocycles. The average Bonchev–Trinajstić information content (AvgIpc) is 2.92. The molecule has 1 fully saturated rings. The number of nitrogens with one attached hydrogen (secondary N) is 2. The van der Waals surface area contributed by atoms with Crippen molar-refractivity contribution in [3.05, 3.63) is 0 Å². The van der Waals surface area contributed by atoms with E-state index in [4.69, 9.17) is 9.47 Å². The van der Waals surface area contributed by atoms with Gasteiger partial charge in [0.1, 0.15) is 5.60 Å². The number of ether oxygens (including phenoxy) is 2. The number of guanidine groups is 1. The van der Waals surface area contributed by atoms with Crippen molar-refractivity contribution in [2.45, 2.75) is 46.6 Å². The number of carbonyl (C=O) groups is 2. The first-order valence-corrected chi connectivity index (χ1v) is 9.25. The Morgan fingerprint density at radius 3 is 2.44 bits per heavy atom. The van der Waals surface area contributed by atoms with Crippen molar-refractivity contribution in [2.75, 3.05) is 39.8 Å². The number of methoxy groups -OCH3 is 1. The number of amides is 1. The van der Waals surface area contributed by atoms with E-state index < -0.39 is 11.7 Å². The lowest BCUT2D eigenvalue weighted by Crippen LogP contribution is -2.40. The summed E-state index contributed by atoms with van der Waals surface area (Å²) < 4.78 is 10.1. The minimum atomic E-state index is -0.497. The molecule has 1 aliphatic rings. The largest absolute Gasteiger partial charge is 0.469 e. The summed E-state index contributed by atoms with van der Waals surface area (Å²) in [5.41, 5.74) is -0.497. The summed E-state index contributed by atoms with van der Waals surface area (Å²) in [5.74, 6) is 0.721. The topological polar surface area (TPSA) is 92.3 Å². The zero-order valence-corrected chi connectivity index (χ0v) is 19.7. The van der Waals surface area contributed by atoms with Crippen LogP contribution in [-0.2, 0) is 14.3 Å². The van der Waals surface area contributed by atoms with Crippen molar-refractivity contribution in [1.82, 2.24) is 15.5 Å². The SMILES string of the molecule is CCNC(=NCCCNC(=O)OC(C)(C)C)N1CC(C)C(C(=O)OC)C1.I. The fourth-order valence-electron chi connectivity index (χ4n) is 2.79. The van der Waals surface area contributed by atoms with Gasteiger partial charge in [-0.05, 0) is 40.0 Å². The Kier molecular flexibility index (Phi) is 11.7. The minimum Gasteiger partial charge on any atom is -0.469 e. The third-order valence-corrected chi connectivity index (χ3v) is 4.02. The van der Waals surface area contributed by atoms with Crippen molar-refractivity contribution in [1.29, 1.82) is 0 Å². The molecule has 1 heterocycles. The molecule has 0 aliphatic carbocycles. The monoisotopic (exact) mass is 498 g/mol. The summed E-state index contributed by atoms with van der Waals surface area (Å²) in [4.78, 5) is 30.2.